The lowest BCUT2D eigenvalue weighted by Crippen LogP contribution is -2.47. The lowest BCUT2D eigenvalue weighted by molar-refractivity contribution is -0.126. The smallest absolute Gasteiger partial charge is 0.253 e. The minimum Gasteiger partial charge on any atom is -0.354 e. The molecule has 1 saturated heterocycles. The quantitative estimate of drug-likeness (QED) is 0.788. The summed E-state index contributed by atoms with van der Waals surface area (Å²) in [5, 5.41) is 6.86. The molecule has 0 bridgehead atoms. The highest BCUT2D eigenvalue weighted by molar-refractivity contribution is 6.30. The molecule has 1 fully saturated rings. The Hall–Kier alpha value is -1.30. The molecule has 1 aromatic rings. The number of rotatable bonds is 6. The van der Waals surface area contributed by atoms with E-state index in [0.717, 1.165) is 19.4 Å². The average molecular weight is 388 g/mol. The molecule has 2 amide bonds. The molecule has 1 unspecified atom stereocenters. The van der Waals surface area contributed by atoms with Crippen molar-refractivity contribution >= 4 is 35.8 Å². The Morgan fingerprint density at radius 3 is 2.64 bits per heavy atom. The molecule has 0 aromatic heterocycles. The van der Waals surface area contributed by atoms with Gasteiger partial charge in [0.2, 0.25) is 5.91 Å². The fourth-order valence-corrected chi connectivity index (χ4v) is 3.10. The predicted molar refractivity (Wildman–Crippen MR) is 103 cm³/mol. The lowest BCUT2D eigenvalue weighted by atomic mass is 9.96. The van der Waals surface area contributed by atoms with E-state index in [1.807, 2.05) is 13.8 Å². The van der Waals surface area contributed by atoms with Gasteiger partial charge in [0.05, 0.1) is 5.92 Å². The fourth-order valence-electron chi connectivity index (χ4n) is 2.97. The fraction of sp³-hybridized carbons (Fsp3) is 0.556. The third kappa shape index (κ3) is 6.49. The summed E-state index contributed by atoms with van der Waals surface area (Å²) in [5.74, 6) is -0.137. The van der Waals surface area contributed by atoms with Gasteiger partial charge in [-0.2, -0.15) is 0 Å². The molecule has 1 aliphatic heterocycles. The summed E-state index contributed by atoms with van der Waals surface area (Å²) < 4.78 is 0. The van der Waals surface area contributed by atoms with Gasteiger partial charge in [0, 0.05) is 36.3 Å². The number of likely N-dealkylation sites (tertiary alicyclic amines) is 1. The van der Waals surface area contributed by atoms with Gasteiger partial charge < -0.3 is 15.5 Å². The zero-order valence-electron chi connectivity index (χ0n) is 14.8. The van der Waals surface area contributed by atoms with E-state index in [1.54, 1.807) is 29.2 Å². The van der Waals surface area contributed by atoms with Crippen molar-refractivity contribution in [1.82, 2.24) is 15.5 Å². The number of hydrogen-bond acceptors (Lipinski definition) is 3. The first-order valence-electron chi connectivity index (χ1n) is 8.57. The van der Waals surface area contributed by atoms with E-state index in [4.69, 9.17) is 11.6 Å². The lowest BCUT2D eigenvalue weighted by Gasteiger charge is -2.32. The zero-order valence-corrected chi connectivity index (χ0v) is 16.3. The van der Waals surface area contributed by atoms with Crippen LogP contribution in [-0.2, 0) is 4.79 Å². The van der Waals surface area contributed by atoms with Gasteiger partial charge in [-0.1, -0.05) is 18.5 Å². The van der Waals surface area contributed by atoms with Gasteiger partial charge in [0.1, 0.15) is 0 Å². The maximum Gasteiger partial charge on any atom is 0.253 e. The van der Waals surface area contributed by atoms with Crippen molar-refractivity contribution in [1.29, 1.82) is 0 Å². The van der Waals surface area contributed by atoms with Crippen molar-refractivity contribution in [3.05, 3.63) is 34.9 Å². The SMILES string of the molecule is CCN[C@H](C)CNC(=O)C1CCCN(C(=O)c2ccc(Cl)cc2)C1.Cl. The van der Waals surface area contributed by atoms with E-state index in [0.29, 0.717) is 30.2 Å². The summed E-state index contributed by atoms with van der Waals surface area (Å²) in [5.41, 5.74) is 0.612. The standard InChI is InChI=1S/C18H26ClN3O2.ClH/c1-3-20-13(2)11-21-17(23)15-5-4-10-22(12-15)18(24)14-6-8-16(19)9-7-14;/h6-9,13,15,20H,3-5,10-12H2,1-2H3,(H,21,23);1H/t13-,15?;/m1./s1. The monoisotopic (exact) mass is 387 g/mol. The highest BCUT2D eigenvalue weighted by atomic mass is 35.5. The van der Waals surface area contributed by atoms with Crippen molar-refractivity contribution in [3.8, 4) is 0 Å². The number of piperidine rings is 1. The third-order valence-electron chi connectivity index (χ3n) is 4.31. The molecule has 2 rings (SSSR count). The number of halogens is 2. The number of amides is 2. The molecule has 0 aliphatic carbocycles. The predicted octanol–water partition coefficient (Wildman–Crippen LogP) is 2.73. The van der Waals surface area contributed by atoms with Crippen LogP contribution in [0.25, 0.3) is 0 Å². The third-order valence-corrected chi connectivity index (χ3v) is 4.56. The molecule has 1 aromatic carbocycles. The van der Waals surface area contributed by atoms with Crippen LogP contribution in [0.2, 0.25) is 5.02 Å². The maximum absolute atomic E-state index is 12.6. The minimum absolute atomic E-state index is 0. The minimum atomic E-state index is -0.135. The summed E-state index contributed by atoms with van der Waals surface area (Å²) in [6.45, 7) is 6.74. The van der Waals surface area contributed by atoms with Gasteiger partial charge in [-0.05, 0) is 50.6 Å². The number of likely N-dealkylation sites (N-methyl/N-ethyl adjacent to an activating group) is 1. The Morgan fingerprint density at radius 2 is 2.00 bits per heavy atom. The largest absolute Gasteiger partial charge is 0.354 e. The van der Waals surface area contributed by atoms with E-state index in [2.05, 4.69) is 10.6 Å². The molecule has 1 aliphatic rings. The summed E-state index contributed by atoms with van der Waals surface area (Å²) >= 11 is 5.87. The number of carbonyl (C=O) groups is 2. The molecular weight excluding hydrogens is 361 g/mol. The van der Waals surface area contributed by atoms with Crippen molar-refractivity contribution < 1.29 is 9.59 Å². The van der Waals surface area contributed by atoms with Crippen molar-refractivity contribution in [2.24, 2.45) is 5.92 Å². The summed E-state index contributed by atoms with van der Waals surface area (Å²) in [4.78, 5) is 26.7. The van der Waals surface area contributed by atoms with E-state index in [-0.39, 0.29) is 36.2 Å². The number of nitrogens with zero attached hydrogens (tertiary/aromatic N) is 1. The normalized spacial score (nSPS) is 18.2. The van der Waals surface area contributed by atoms with Gasteiger partial charge in [-0.25, -0.2) is 0 Å². The van der Waals surface area contributed by atoms with Crippen LogP contribution in [0, 0.1) is 5.92 Å². The number of nitrogens with one attached hydrogen (secondary N) is 2. The molecule has 0 saturated carbocycles. The highest BCUT2D eigenvalue weighted by Gasteiger charge is 2.28. The first-order chi connectivity index (χ1) is 11.5. The van der Waals surface area contributed by atoms with E-state index in [9.17, 15) is 9.59 Å². The summed E-state index contributed by atoms with van der Waals surface area (Å²) in [6, 6.07) is 7.13. The van der Waals surface area contributed by atoms with Crippen LogP contribution in [0.4, 0.5) is 0 Å². The summed E-state index contributed by atoms with van der Waals surface area (Å²) in [6.07, 6.45) is 1.67. The van der Waals surface area contributed by atoms with E-state index >= 15 is 0 Å². The van der Waals surface area contributed by atoms with Crippen LogP contribution < -0.4 is 10.6 Å². The van der Waals surface area contributed by atoms with Gasteiger partial charge in [-0.3, -0.25) is 9.59 Å². The molecule has 2 atom stereocenters. The average Bonchev–Trinajstić information content (AvgIpc) is 2.60. The number of hydrogen-bond donors (Lipinski definition) is 2. The second kappa shape index (κ2) is 10.6. The van der Waals surface area contributed by atoms with Gasteiger partial charge in [0.15, 0.2) is 0 Å². The molecule has 2 N–H and O–H groups in total. The Labute approximate surface area is 160 Å². The van der Waals surface area contributed by atoms with E-state index < -0.39 is 0 Å². The molecular formula is C18H27Cl2N3O2. The zero-order chi connectivity index (χ0) is 17.5. The molecule has 25 heavy (non-hydrogen) atoms. The van der Waals surface area contributed by atoms with Crippen molar-refractivity contribution in [2.45, 2.75) is 32.7 Å². The van der Waals surface area contributed by atoms with Gasteiger partial charge in [0.25, 0.3) is 5.91 Å². The van der Waals surface area contributed by atoms with Crippen molar-refractivity contribution in [3.63, 3.8) is 0 Å². The van der Waals surface area contributed by atoms with Crippen LogP contribution in [0.5, 0.6) is 0 Å². The first kappa shape index (κ1) is 21.7. The van der Waals surface area contributed by atoms with Gasteiger partial charge in [-0.15, -0.1) is 12.4 Å². The van der Waals surface area contributed by atoms with Crippen LogP contribution in [0.15, 0.2) is 24.3 Å². The van der Waals surface area contributed by atoms with Crippen LogP contribution in [0.3, 0.4) is 0 Å². The molecule has 7 heteroatoms. The van der Waals surface area contributed by atoms with Crippen molar-refractivity contribution in [2.75, 3.05) is 26.2 Å². The second-order valence-electron chi connectivity index (χ2n) is 6.30. The highest BCUT2D eigenvalue weighted by Crippen LogP contribution is 2.19. The summed E-state index contributed by atoms with van der Waals surface area (Å²) in [7, 11) is 0. The molecule has 1 heterocycles. The Balaban J connectivity index is 0.00000312. The van der Waals surface area contributed by atoms with E-state index in [1.165, 1.54) is 0 Å². The molecule has 0 radical (unpaired) electrons. The number of carbonyl (C=O) groups excluding carboxylic acids is 2. The molecule has 140 valence electrons. The molecule has 5 nitrogen and oxygen atoms in total. The number of benzene rings is 1. The second-order valence-corrected chi connectivity index (χ2v) is 6.74. The van der Waals surface area contributed by atoms with Crippen LogP contribution in [0.1, 0.15) is 37.0 Å². The van der Waals surface area contributed by atoms with Crippen LogP contribution >= 0.6 is 24.0 Å². The Morgan fingerprint density at radius 1 is 1.32 bits per heavy atom. The van der Waals surface area contributed by atoms with Gasteiger partial charge >= 0.3 is 0 Å². The maximum atomic E-state index is 12.6. The topological polar surface area (TPSA) is 61.4 Å². The first-order valence-corrected chi connectivity index (χ1v) is 8.95. The van der Waals surface area contributed by atoms with Crippen LogP contribution in [-0.4, -0.2) is 48.9 Å². The molecule has 0 spiro atoms. The Kier molecular flexibility index (Phi) is 9.25. The Bertz CT molecular complexity index is 566.